The number of benzene rings is 4. The van der Waals surface area contributed by atoms with Crippen molar-refractivity contribution in [3.05, 3.63) is 120 Å². The van der Waals surface area contributed by atoms with Gasteiger partial charge in [0.25, 0.3) is 0 Å². The summed E-state index contributed by atoms with van der Waals surface area (Å²) in [6.45, 7) is 4.16. The second-order valence-corrected chi connectivity index (χ2v) is 8.42. The zero-order valence-electron chi connectivity index (χ0n) is 19.3. The molecule has 4 nitrogen and oxygen atoms in total. The highest BCUT2D eigenvalue weighted by molar-refractivity contribution is 5.82. The number of ether oxygens (including phenoxy) is 1. The molecular weight excluding hydrogens is 420 g/mol. The summed E-state index contributed by atoms with van der Waals surface area (Å²) in [5, 5.41) is 6.08. The van der Waals surface area contributed by atoms with Crippen LogP contribution in [-0.4, -0.2) is 11.6 Å². The van der Waals surface area contributed by atoms with Crippen LogP contribution >= 0.6 is 0 Å². The lowest BCUT2D eigenvalue weighted by Gasteiger charge is -2.09. The molecule has 4 aromatic carbocycles. The van der Waals surface area contributed by atoms with Gasteiger partial charge >= 0.3 is 0 Å². The fraction of sp³-hybridized carbons (Fsp3) is 0.167. The van der Waals surface area contributed by atoms with Crippen LogP contribution in [0.3, 0.4) is 0 Å². The molecule has 0 saturated carbocycles. The Kier molecular flexibility index (Phi) is 6.68. The van der Waals surface area contributed by atoms with Gasteiger partial charge in [-0.1, -0.05) is 66.7 Å². The largest absolute Gasteiger partial charge is 0.493 e. The van der Waals surface area contributed by atoms with Crippen LogP contribution in [0.2, 0.25) is 0 Å². The summed E-state index contributed by atoms with van der Waals surface area (Å²) in [4.78, 5) is 4.65. The third-order valence-electron chi connectivity index (χ3n) is 5.92. The zero-order chi connectivity index (χ0) is 23.2. The van der Waals surface area contributed by atoms with Gasteiger partial charge in [0.15, 0.2) is 0 Å². The van der Waals surface area contributed by atoms with Gasteiger partial charge in [-0.25, -0.2) is 4.98 Å². The van der Waals surface area contributed by atoms with E-state index in [1.807, 2.05) is 49.4 Å². The monoisotopic (exact) mass is 448 g/mol. The first-order chi connectivity index (χ1) is 16.7. The third-order valence-corrected chi connectivity index (χ3v) is 5.92. The molecule has 0 bridgehead atoms. The van der Waals surface area contributed by atoms with E-state index in [1.54, 1.807) is 0 Å². The standard InChI is InChI=1S/C30H28N2O2/c1-22-29(32-30(34-22)26-8-3-2-4-9-26)17-18-33-28-15-12-23(13-16-28)20-31-21-24-11-14-25-7-5-6-10-27(25)19-24/h2-16,19,31H,17-18,20-21H2,1H3. The van der Waals surface area contributed by atoms with Gasteiger partial charge in [-0.3, -0.25) is 0 Å². The topological polar surface area (TPSA) is 47.3 Å². The molecule has 0 atom stereocenters. The van der Waals surface area contributed by atoms with E-state index in [-0.39, 0.29) is 0 Å². The first-order valence-electron chi connectivity index (χ1n) is 11.7. The molecule has 0 unspecified atom stereocenters. The summed E-state index contributed by atoms with van der Waals surface area (Å²) >= 11 is 0. The van der Waals surface area contributed by atoms with Crippen LogP contribution in [0.15, 0.2) is 101 Å². The van der Waals surface area contributed by atoms with Crippen LogP contribution in [0, 0.1) is 6.92 Å². The molecule has 0 aliphatic carbocycles. The van der Waals surface area contributed by atoms with Gasteiger partial charge in [-0.15, -0.1) is 0 Å². The van der Waals surface area contributed by atoms with Crippen LogP contribution in [0.25, 0.3) is 22.2 Å². The highest BCUT2D eigenvalue weighted by Crippen LogP contribution is 2.22. The van der Waals surface area contributed by atoms with E-state index in [2.05, 4.69) is 64.9 Å². The Bertz CT molecular complexity index is 1360. The van der Waals surface area contributed by atoms with Gasteiger partial charge in [-0.05, 0) is 59.2 Å². The van der Waals surface area contributed by atoms with Crippen LogP contribution in [0.1, 0.15) is 22.6 Å². The molecule has 0 radical (unpaired) electrons. The minimum atomic E-state index is 0.557. The summed E-state index contributed by atoms with van der Waals surface area (Å²) in [6.07, 6.45) is 0.706. The fourth-order valence-corrected chi connectivity index (χ4v) is 4.03. The molecule has 0 saturated heterocycles. The summed E-state index contributed by atoms with van der Waals surface area (Å²) in [6, 6.07) is 33.3. The lowest BCUT2D eigenvalue weighted by molar-refractivity contribution is 0.320. The number of oxazole rings is 1. The molecule has 5 aromatic rings. The van der Waals surface area contributed by atoms with Crippen molar-refractivity contribution in [2.45, 2.75) is 26.4 Å². The molecule has 1 N–H and O–H groups in total. The molecule has 170 valence electrons. The van der Waals surface area contributed by atoms with E-state index in [9.17, 15) is 0 Å². The number of nitrogens with zero attached hydrogens (tertiary/aromatic N) is 1. The van der Waals surface area contributed by atoms with Crippen molar-refractivity contribution in [3.8, 4) is 17.2 Å². The van der Waals surface area contributed by atoms with Crippen molar-refractivity contribution in [1.29, 1.82) is 0 Å². The van der Waals surface area contributed by atoms with E-state index in [1.165, 1.54) is 21.9 Å². The average molecular weight is 449 g/mol. The first kappa shape index (κ1) is 21.9. The predicted molar refractivity (Wildman–Crippen MR) is 137 cm³/mol. The highest BCUT2D eigenvalue weighted by Gasteiger charge is 2.11. The zero-order valence-corrected chi connectivity index (χ0v) is 19.3. The number of hydrogen-bond acceptors (Lipinski definition) is 4. The van der Waals surface area contributed by atoms with Crippen LogP contribution in [-0.2, 0) is 19.5 Å². The third kappa shape index (κ3) is 5.36. The average Bonchev–Trinajstić information content (AvgIpc) is 3.26. The Morgan fingerprint density at radius 1 is 0.765 bits per heavy atom. The fourth-order valence-electron chi connectivity index (χ4n) is 4.03. The van der Waals surface area contributed by atoms with Crippen molar-refractivity contribution in [3.63, 3.8) is 0 Å². The normalized spacial score (nSPS) is 11.1. The van der Waals surface area contributed by atoms with Gasteiger partial charge in [0, 0.05) is 25.1 Å². The number of nitrogens with one attached hydrogen (secondary N) is 1. The number of aryl methyl sites for hydroxylation is 1. The van der Waals surface area contributed by atoms with Crippen molar-refractivity contribution < 1.29 is 9.15 Å². The SMILES string of the molecule is Cc1oc(-c2ccccc2)nc1CCOc1ccc(CNCc2ccc3ccccc3c2)cc1. The quantitative estimate of drug-likeness (QED) is 0.272. The summed E-state index contributed by atoms with van der Waals surface area (Å²) in [5.74, 6) is 2.37. The molecule has 4 heteroatoms. The maximum atomic E-state index is 5.95. The Hall–Kier alpha value is -3.89. The van der Waals surface area contributed by atoms with Crippen LogP contribution < -0.4 is 10.1 Å². The maximum Gasteiger partial charge on any atom is 0.226 e. The van der Waals surface area contributed by atoms with Gasteiger partial charge in [-0.2, -0.15) is 0 Å². The van der Waals surface area contributed by atoms with E-state index in [0.717, 1.165) is 35.9 Å². The Morgan fingerprint density at radius 3 is 2.29 bits per heavy atom. The number of fused-ring (bicyclic) bond motifs is 1. The summed E-state index contributed by atoms with van der Waals surface area (Å²) in [5.41, 5.74) is 4.45. The lowest BCUT2D eigenvalue weighted by atomic mass is 10.1. The molecule has 34 heavy (non-hydrogen) atoms. The van der Waals surface area contributed by atoms with Crippen LogP contribution in [0.4, 0.5) is 0 Å². The van der Waals surface area contributed by atoms with Gasteiger partial charge < -0.3 is 14.5 Å². The number of rotatable bonds is 9. The molecule has 5 rings (SSSR count). The minimum Gasteiger partial charge on any atom is -0.493 e. The number of aromatic nitrogens is 1. The van der Waals surface area contributed by atoms with E-state index < -0.39 is 0 Å². The van der Waals surface area contributed by atoms with E-state index in [4.69, 9.17) is 9.15 Å². The lowest BCUT2D eigenvalue weighted by Crippen LogP contribution is -2.12. The highest BCUT2D eigenvalue weighted by atomic mass is 16.5. The number of hydrogen-bond donors (Lipinski definition) is 1. The van der Waals surface area contributed by atoms with Gasteiger partial charge in [0.1, 0.15) is 11.5 Å². The molecule has 1 aromatic heterocycles. The van der Waals surface area contributed by atoms with Crippen molar-refractivity contribution >= 4 is 10.8 Å². The summed E-state index contributed by atoms with van der Waals surface area (Å²) < 4.78 is 11.8. The smallest absolute Gasteiger partial charge is 0.226 e. The molecule has 0 amide bonds. The summed E-state index contributed by atoms with van der Waals surface area (Å²) in [7, 11) is 0. The van der Waals surface area contributed by atoms with Crippen molar-refractivity contribution in [2.24, 2.45) is 0 Å². The van der Waals surface area contributed by atoms with Crippen molar-refractivity contribution in [2.75, 3.05) is 6.61 Å². The van der Waals surface area contributed by atoms with Crippen molar-refractivity contribution in [1.82, 2.24) is 10.3 Å². The maximum absolute atomic E-state index is 5.95. The Balaban J connectivity index is 1.09. The van der Waals surface area contributed by atoms with Crippen LogP contribution in [0.5, 0.6) is 5.75 Å². The Labute approximate surface area is 200 Å². The molecule has 0 aliphatic heterocycles. The molecule has 0 aliphatic rings. The van der Waals surface area contributed by atoms with Gasteiger partial charge in [0.05, 0.1) is 12.3 Å². The van der Waals surface area contributed by atoms with Gasteiger partial charge in [0.2, 0.25) is 5.89 Å². The predicted octanol–water partition coefficient (Wildman–Crippen LogP) is 6.71. The minimum absolute atomic E-state index is 0.557. The molecular formula is C30H28N2O2. The molecule has 1 heterocycles. The van der Waals surface area contributed by atoms with E-state index in [0.29, 0.717) is 18.9 Å². The Morgan fingerprint density at radius 2 is 1.47 bits per heavy atom. The van der Waals surface area contributed by atoms with E-state index >= 15 is 0 Å². The molecule has 0 fully saturated rings. The second kappa shape index (κ2) is 10.4. The second-order valence-electron chi connectivity index (χ2n) is 8.42. The molecule has 0 spiro atoms. The first-order valence-corrected chi connectivity index (χ1v) is 11.7.